The second kappa shape index (κ2) is 3.46. The number of benzene rings is 1. The van der Waals surface area contributed by atoms with Crippen molar-refractivity contribution >= 4 is 16.7 Å². The van der Waals surface area contributed by atoms with Gasteiger partial charge in [0.15, 0.2) is 0 Å². The maximum atomic E-state index is 5.86. The Hall–Kier alpha value is -1.90. The number of aromatic amines is 1. The van der Waals surface area contributed by atoms with E-state index in [2.05, 4.69) is 11.1 Å². The van der Waals surface area contributed by atoms with Crippen molar-refractivity contribution in [3.8, 4) is 0 Å². The highest BCUT2D eigenvalue weighted by Gasteiger charge is 2.05. The van der Waals surface area contributed by atoms with E-state index in [1.54, 1.807) is 6.20 Å². The number of allylic oxidation sites excluding steroid dienone is 1. The summed E-state index contributed by atoms with van der Waals surface area (Å²) in [6.45, 7) is 0. The molecule has 0 aliphatic rings. The van der Waals surface area contributed by atoms with Gasteiger partial charge in [-0.15, -0.1) is 0 Å². The third kappa shape index (κ3) is 1.33. The predicted octanol–water partition coefficient (Wildman–Crippen LogP) is 1.77. The van der Waals surface area contributed by atoms with Crippen molar-refractivity contribution in [2.75, 3.05) is 5.73 Å². The molecule has 0 radical (unpaired) electrons. The van der Waals surface area contributed by atoms with Gasteiger partial charge >= 0.3 is 0 Å². The van der Waals surface area contributed by atoms with Gasteiger partial charge in [-0.3, -0.25) is 0 Å². The van der Waals surface area contributed by atoms with Gasteiger partial charge in [0.25, 0.3) is 0 Å². The first-order chi connectivity index (χ1) is 6.83. The number of rotatable bonds is 2. The second-order valence-corrected chi connectivity index (χ2v) is 3.20. The molecular weight excluding hydrogens is 174 g/mol. The third-order valence-electron chi connectivity index (χ3n) is 2.30. The fourth-order valence-corrected chi connectivity index (χ4v) is 1.63. The van der Waals surface area contributed by atoms with Crippen LogP contribution in [0.2, 0.25) is 0 Å². The lowest BCUT2D eigenvalue weighted by Gasteiger charge is -1.94. The molecule has 2 rings (SSSR count). The predicted molar refractivity (Wildman–Crippen MR) is 59.7 cm³/mol. The number of anilines is 1. The van der Waals surface area contributed by atoms with Crippen molar-refractivity contribution in [3.63, 3.8) is 0 Å². The van der Waals surface area contributed by atoms with Crippen LogP contribution in [0.3, 0.4) is 0 Å². The average molecular weight is 187 g/mol. The van der Waals surface area contributed by atoms with Crippen LogP contribution in [0, 0.1) is 0 Å². The molecule has 3 heteroatoms. The Morgan fingerprint density at radius 3 is 2.86 bits per heavy atom. The zero-order chi connectivity index (χ0) is 9.97. The van der Waals surface area contributed by atoms with Crippen molar-refractivity contribution in [1.29, 1.82) is 0 Å². The van der Waals surface area contributed by atoms with E-state index >= 15 is 0 Å². The normalized spacial score (nSPS) is 11.4. The molecule has 2 aromatic rings. The fraction of sp³-hybridized carbons (Fsp3) is 0.0909. The minimum Gasteiger partial charge on any atom is -0.405 e. The minimum atomic E-state index is 0.726. The number of nitrogen functional groups attached to an aromatic ring is 1. The van der Waals surface area contributed by atoms with Crippen LogP contribution in [0.25, 0.3) is 10.9 Å². The summed E-state index contributed by atoms with van der Waals surface area (Å²) in [5, 5.41) is 1.17. The number of H-pyrrole nitrogens is 1. The molecule has 0 bridgehead atoms. The lowest BCUT2D eigenvalue weighted by atomic mass is 10.1. The van der Waals surface area contributed by atoms with Crippen LogP contribution in [0.1, 0.15) is 5.56 Å². The van der Waals surface area contributed by atoms with E-state index < -0.39 is 0 Å². The highest BCUT2D eigenvalue weighted by Crippen LogP contribution is 2.24. The van der Waals surface area contributed by atoms with Gasteiger partial charge in [-0.1, -0.05) is 24.3 Å². The van der Waals surface area contributed by atoms with Crippen molar-refractivity contribution in [2.24, 2.45) is 5.73 Å². The molecule has 0 unspecified atom stereocenters. The molecule has 72 valence electrons. The maximum absolute atomic E-state index is 5.86. The fourth-order valence-electron chi connectivity index (χ4n) is 1.63. The summed E-state index contributed by atoms with van der Waals surface area (Å²) in [5.74, 6) is 0.726. The number of nitrogens with one attached hydrogen (secondary N) is 1. The van der Waals surface area contributed by atoms with Gasteiger partial charge in [-0.25, -0.2) is 0 Å². The highest BCUT2D eigenvalue weighted by atomic mass is 14.8. The second-order valence-electron chi connectivity index (χ2n) is 3.20. The monoisotopic (exact) mass is 187 g/mol. The Balaban J connectivity index is 2.56. The van der Waals surface area contributed by atoms with Gasteiger partial charge in [0.05, 0.1) is 0 Å². The summed E-state index contributed by atoms with van der Waals surface area (Å²) in [6.07, 6.45) is 4.21. The first kappa shape index (κ1) is 8.69. The van der Waals surface area contributed by atoms with Crippen molar-refractivity contribution in [1.82, 2.24) is 4.98 Å². The smallest absolute Gasteiger partial charge is 0.105 e. The quantitative estimate of drug-likeness (QED) is 0.670. The van der Waals surface area contributed by atoms with E-state index in [9.17, 15) is 0 Å². The number of hydrogen-bond donors (Lipinski definition) is 3. The van der Waals surface area contributed by atoms with Gasteiger partial charge in [0.2, 0.25) is 0 Å². The van der Waals surface area contributed by atoms with Crippen LogP contribution >= 0.6 is 0 Å². The summed E-state index contributed by atoms with van der Waals surface area (Å²) in [5.41, 5.74) is 13.4. The summed E-state index contributed by atoms with van der Waals surface area (Å²) in [6, 6.07) is 8.06. The Labute approximate surface area is 82.4 Å². The lowest BCUT2D eigenvalue weighted by molar-refractivity contribution is 1.28. The Morgan fingerprint density at radius 2 is 2.07 bits per heavy atom. The zero-order valence-electron chi connectivity index (χ0n) is 7.83. The van der Waals surface area contributed by atoms with Crippen molar-refractivity contribution in [2.45, 2.75) is 6.42 Å². The molecular formula is C11H13N3. The summed E-state index contributed by atoms with van der Waals surface area (Å²) in [7, 11) is 0. The molecule has 1 aromatic carbocycles. The molecule has 0 fully saturated rings. The van der Waals surface area contributed by atoms with Gasteiger partial charge < -0.3 is 16.5 Å². The molecule has 14 heavy (non-hydrogen) atoms. The first-order valence-corrected chi connectivity index (χ1v) is 4.54. The average Bonchev–Trinajstić information content (AvgIpc) is 2.51. The first-order valence-electron chi connectivity index (χ1n) is 4.54. The van der Waals surface area contributed by atoms with E-state index in [0.717, 1.165) is 23.3 Å². The van der Waals surface area contributed by atoms with E-state index in [-0.39, 0.29) is 0 Å². The topological polar surface area (TPSA) is 67.8 Å². The maximum Gasteiger partial charge on any atom is 0.105 e. The third-order valence-corrected chi connectivity index (χ3v) is 2.30. The molecule has 0 amide bonds. The molecule has 3 nitrogen and oxygen atoms in total. The Kier molecular flexibility index (Phi) is 2.14. The van der Waals surface area contributed by atoms with Gasteiger partial charge in [0.1, 0.15) is 5.82 Å². The van der Waals surface area contributed by atoms with Crippen molar-refractivity contribution < 1.29 is 0 Å². The van der Waals surface area contributed by atoms with Crippen LogP contribution in [-0.2, 0) is 6.42 Å². The van der Waals surface area contributed by atoms with Crippen LogP contribution in [0.15, 0.2) is 36.5 Å². The summed E-state index contributed by atoms with van der Waals surface area (Å²) >= 11 is 0. The number of hydrogen-bond acceptors (Lipinski definition) is 2. The SMILES string of the molecule is NC=CCc1c(N)[nH]c2ccccc12. The molecule has 0 atom stereocenters. The Bertz CT molecular complexity index is 468. The van der Waals surface area contributed by atoms with Crippen LogP contribution in [-0.4, -0.2) is 4.98 Å². The molecule has 0 aliphatic heterocycles. The number of fused-ring (bicyclic) bond motifs is 1. The van der Waals surface area contributed by atoms with Gasteiger partial charge in [0, 0.05) is 16.5 Å². The molecule has 0 aliphatic carbocycles. The van der Waals surface area contributed by atoms with Crippen LogP contribution < -0.4 is 11.5 Å². The van der Waals surface area contributed by atoms with E-state index in [0.29, 0.717) is 0 Å². The summed E-state index contributed by atoms with van der Waals surface area (Å²) in [4.78, 5) is 3.14. The molecule has 0 saturated heterocycles. The van der Waals surface area contributed by atoms with E-state index in [1.807, 2.05) is 24.3 Å². The standard InChI is InChI=1S/C11H13N3/c12-7-3-5-9-8-4-1-2-6-10(8)14-11(9)13/h1-4,6-7,14H,5,12-13H2. The molecule has 0 saturated carbocycles. The van der Waals surface area contributed by atoms with Crippen LogP contribution in [0.5, 0.6) is 0 Å². The number of aromatic nitrogens is 1. The molecule has 5 N–H and O–H groups in total. The summed E-state index contributed by atoms with van der Waals surface area (Å²) < 4.78 is 0. The molecule has 1 heterocycles. The van der Waals surface area contributed by atoms with Gasteiger partial charge in [-0.05, 0) is 18.7 Å². The van der Waals surface area contributed by atoms with Crippen LogP contribution in [0.4, 0.5) is 5.82 Å². The van der Waals surface area contributed by atoms with Gasteiger partial charge in [-0.2, -0.15) is 0 Å². The zero-order valence-corrected chi connectivity index (χ0v) is 7.83. The number of para-hydroxylation sites is 1. The largest absolute Gasteiger partial charge is 0.405 e. The Morgan fingerprint density at radius 1 is 1.29 bits per heavy atom. The van der Waals surface area contributed by atoms with Crippen molar-refractivity contribution in [3.05, 3.63) is 42.1 Å². The highest BCUT2D eigenvalue weighted by molar-refractivity contribution is 5.88. The van der Waals surface area contributed by atoms with E-state index in [1.165, 1.54) is 5.39 Å². The molecule has 0 spiro atoms. The molecule has 1 aromatic heterocycles. The minimum absolute atomic E-state index is 0.726. The lowest BCUT2D eigenvalue weighted by Crippen LogP contribution is -1.90. The van der Waals surface area contributed by atoms with E-state index in [4.69, 9.17) is 11.5 Å². The number of nitrogens with two attached hydrogens (primary N) is 2.